The molecular weight excluding hydrogens is 228 g/mol. The molecule has 4 heteroatoms. The van der Waals surface area contributed by atoms with Gasteiger partial charge in [0.2, 0.25) is 0 Å². The fraction of sp³-hybridized carbons (Fsp3) is 0.571. The van der Waals surface area contributed by atoms with Crippen molar-refractivity contribution in [2.24, 2.45) is 5.73 Å². The number of ether oxygens (including phenoxy) is 1. The molecule has 18 heavy (non-hydrogen) atoms. The van der Waals surface area contributed by atoms with Crippen LogP contribution in [0.25, 0.3) is 0 Å². The van der Waals surface area contributed by atoms with Gasteiger partial charge in [-0.25, -0.2) is 0 Å². The maximum Gasteiger partial charge on any atom is 0.0645 e. The average molecular weight is 248 g/mol. The van der Waals surface area contributed by atoms with Crippen molar-refractivity contribution < 1.29 is 9.84 Å². The van der Waals surface area contributed by atoms with Crippen molar-refractivity contribution >= 4 is 0 Å². The molecule has 3 rings (SSSR count). The van der Waals surface area contributed by atoms with Gasteiger partial charge in [0.1, 0.15) is 0 Å². The Labute approximate surface area is 107 Å². The molecule has 3 unspecified atom stereocenters. The van der Waals surface area contributed by atoms with E-state index in [0.29, 0.717) is 12.6 Å². The predicted molar refractivity (Wildman–Crippen MR) is 69.1 cm³/mol. The Morgan fingerprint density at radius 1 is 1.33 bits per heavy atom. The van der Waals surface area contributed by atoms with Gasteiger partial charge in [-0.05, 0) is 17.5 Å². The van der Waals surface area contributed by atoms with Crippen molar-refractivity contribution in [3.8, 4) is 0 Å². The van der Waals surface area contributed by atoms with Crippen LogP contribution < -0.4 is 5.73 Å². The van der Waals surface area contributed by atoms with Crippen LogP contribution in [0.3, 0.4) is 0 Å². The summed E-state index contributed by atoms with van der Waals surface area (Å²) in [5.74, 6) is 0. The number of benzene rings is 1. The maximum atomic E-state index is 9.48. The highest BCUT2D eigenvalue weighted by atomic mass is 16.5. The number of nitrogens with zero attached hydrogens (tertiary/aromatic N) is 1. The smallest absolute Gasteiger partial charge is 0.0645 e. The lowest BCUT2D eigenvalue weighted by atomic mass is 10.0. The Morgan fingerprint density at radius 2 is 2.11 bits per heavy atom. The van der Waals surface area contributed by atoms with Crippen LogP contribution in [-0.2, 0) is 4.74 Å². The molecule has 1 fully saturated rings. The minimum absolute atomic E-state index is 0.0992. The van der Waals surface area contributed by atoms with Crippen LogP contribution in [0.15, 0.2) is 24.3 Å². The average Bonchev–Trinajstić information content (AvgIpc) is 2.77. The minimum Gasteiger partial charge on any atom is -0.395 e. The first-order valence-corrected chi connectivity index (χ1v) is 6.60. The predicted octanol–water partition coefficient (Wildman–Crippen LogP) is 0.824. The molecule has 1 aliphatic carbocycles. The van der Waals surface area contributed by atoms with Crippen LogP contribution in [0.5, 0.6) is 0 Å². The Hall–Kier alpha value is -0.940. The van der Waals surface area contributed by atoms with Crippen LogP contribution in [0, 0.1) is 0 Å². The van der Waals surface area contributed by atoms with Gasteiger partial charge in [-0.15, -0.1) is 0 Å². The van der Waals surface area contributed by atoms with Gasteiger partial charge in [-0.3, -0.25) is 4.90 Å². The second kappa shape index (κ2) is 4.97. The third-order valence-corrected chi connectivity index (χ3v) is 4.12. The molecule has 98 valence electrons. The van der Waals surface area contributed by atoms with Crippen molar-refractivity contribution in [1.82, 2.24) is 4.90 Å². The number of rotatable bonds is 2. The molecule has 0 radical (unpaired) electrons. The third kappa shape index (κ3) is 1.95. The van der Waals surface area contributed by atoms with E-state index in [0.717, 1.165) is 19.6 Å². The second-order valence-corrected chi connectivity index (χ2v) is 5.14. The van der Waals surface area contributed by atoms with Crippen molar-refractivity contribution in [1.29, 1.82) is 0 Å². The molecule has 1 aromatic carbocycles. The van der Waals surface area contributed by atoms with Gasteiger partial charge in [0.25, 0.3) is 0 Å². The van der Waals surface area contributed by atoms with Crippen molar-refractivity contribution in [2.45, 2.75) is 24.5 Å². The summed E-state index contributed by atoms with van der Waals surface area (Å²) >= 11 is 0. The summed E-state index contributed by atoms with van der Waals surface area (Å²) in [6, 6.07) is 8.95. The quantitative estimate of drug-likeness (QED) is 0.813. The first kappa shape index (κ1) is 12.1. The summed E-state index contributed by atoms with van der Waals surface area (Å²) in [7, 11) is 0. The monoisotopic (exact) mass is 248 g/mol. The number of aliphatic hydroxyl groups excluding tert-OH is 1. The number of fused-ring (bicyclic) bond motifs is 1. The van der Waals surface area contributed by atoms with E-state index in [4.69, 9.17) is 10.5 Å². The summed E-state index contributed by atoms with van der Waals surface area (Å²) in [5, 5.41) is 9.48. The second-order valence-electron chi connectivity index (χ2n) is 5.14. The Balaban J connectivity index is 1.89. The molecule has 2 aliphatic rings. The van der Waals surface area contributed by atoms with Crippen molar-refractivity contribution in [3.63, 3.8) is 0 Å². The summed E-state index contributed by atoms with van der Waals surface area (Å²) < 4.78 is 5.44. The zero-order chi connectivity index (χ0) is 12.5. The zero-order valence-electron chi connectivity index (χ0n) is 10.5. The lowest BCUT2D eigenvalue weighted by molar-refractivity contribution is -0.0483. The van der Waals surface area contributed by atoms with E-state index in [1.807, 2.05) is 6.07 Å². The lowest BCUT2D eigenvalue weighted by Gasteiger charge is -2.39. The molecule has 3 atom stereocenters. The van der Waals surface area contributed by atoms with Gasteiger partial charge >= 0.3 is 0 Å². The normalized spacial score (nSPS) is 32.4. The van der Waals surface area contributed by atoms with Gasteiger partial charge in [-0.2, -0.15) is 0 Å². The highest BCUT2D eigenvalue weighted by Gasteiger charge is 2.36. The number of hydrogen-bond donors (Lipinski definition) is 2. The van der Waals surface area contributed by atoms with E-state index in [9.17, 15) is 5.11 Å². The molecule has 0 aromatic heterocycles. The van der Waals surface area contributed by atoms with E-state index < -0.39 is 0 Å². The van der Waals surface area contributed by atoms with Gasteiger partial charge in [0, 0.05) is 18.6 Å². The van der Waals surface area contributed by atoms with E-state index in [1.165, 1.54) is 11.1 Å². The zero-order valence-corrected chi connectivity index (χ0v) is 10.5. The van der Waals surface area contributed by atoms with Crippen LogP contribution in [0.2, 0.25) is 0 Å². The molecule has 0 spiro atoms. The topological polar surface area (TPSA) is 58.7 Å². The molecule has 1 aliphatic heterocycles. The molecule has 1 heterocycles. The SMILES string of the molecule is NC1CC(N2CCOCC2CO)c2ccccc21. The highest BCUT2D eigenvalue weighted by molar-refractivity contribution is 5.37. The van der Waals surface area contributed by atoms with Crippen LogP contribution in [0.4, 0.5) is 0 Å². The first-order chi connectivity index (χ1) is 8.81. The molecular formula is C14H20N2O2. The van der Waals surface area contributed by atoms with Crippen molar-refractivity contribution in [3.05, 3.63) is 35.4 Å². The highest BCUT2D eigenvalue weighted by Crippen LogP contribution is 2.41. The summed E-state index contributed by atoms with van der Waals surface area (Å²) in [6.45, 7) is 2.37. The maximum absolute atomic E-state index is 9.48. The van der Waals surface area contributed by atoms with Gasteiger partial charge < -0.3 is 15.6 Å². The lowest BCUT2D eigenvalue weighted by Crippen LogP contribution is -2.48. The Morgan fingerprint density at radius 3 is 2.89 bits per heavy atom. The fourth-order valence-corrected chi connectivity index (χ4v) is 3.20. The molecule has 0 saturated carbocycles. The Bertz CT molecular complexity index is 424. The standard InChI is InChI=1S/C14H20N2O2/c15-13-7-14(12-4-2-1-3-11(12)13)16-5-6-18-9-10(16)8-17/h1-4,10,13-14,17H,5-9,15H2. The molecule has 0 amide bonds. The molecule has 1 saturated heterocycles. The Kier molecular flexibility index (Phi) is 3.35. The van der Waals surface area contributed by atoms with Gasteiger partial charge in [0.05, 0.1) is 25.9 Å². The van der Waals surface area contributed by atoms with E-state index >= 15 is 0 Å². The van der Waals surface area contributed by atoms with Crippen LogP contribution >= 0.6 is 0 Å². The van der Waals surface area contributed by atoms with Gasteiger partial charge in [-0.1, -0.05) is 24.3 Å². The summed E-state index contributed by atoms with van der Waals surface area (Å²) in [6.07, 6.45) is 0.940. The largest absolute Gasteiger partial charge is 0.395 e. The fourth-order valence-electron chi connectivity index (χ4n) is 3.20. The van der Waals surface area contributed by atoms with E-state index in [-0.39, 0.29) is 18.7 Å². The molecule has 0 bridgehead atoms. The molecule has 1 aromatic rings. The molecule has 4 nitrogen and oxygen atoms in total. The minimum atomic E-state index is 0.0992. The summed E-state index contributed by atoms with van der Waals surface area (Å²) in [4.78, 5) is 2.36. The van der Waals surface area contributed by atoms with Crippen molar-refractivity contribution in [2.75, 3.05) is 26.4 Å². The third-order valence-electron chi connectivity index (χ3n) is 4.12. The number of nitrogens with two attached hydrogens (primary N) is 1. The number of morpholine rings is 1. The first-order valence-electron chi connectivity index (χ1n) is 6.60. The molecule has 3 N–H and O–H groups in total. The van der Waals surface area contributed by atoms with E-state index in [2.05, 4.69) is 23.1 Å². The van der Waals surface area contributed by atoms with Gasteiger partial charge in [0.15, 0.2) is 0 Å². The summed E-state index contributed by atoms with van der Waals surface area (Å²) in [5.41, 5.74) is 8.79. The van der Waals surface area contributed by atoms with E-state index in [1.54, 1.807) is 0 Å². The number of aliphatic hydroxyl groups is 1. The van der Waals surface area contributed by atoms with Crippen LogP contribution in [0.1, 0.15) is 29.6 Å². The van der Waals surface area contributed by atoms with Crippen LogP contribution in [-0.4, -0.2) is 42.4 Å². The number of hydrogen-bond acceptors (Lipinski definition) is 4.